The van der Waals surface area contributed by atoms with Crippen molar-refractivity contribution < 1.29 is 9.15 Å². The third kappa shape index (κ3) is 4.64. The van der Waals surface area contributed by atoms with Crippen LogP contribution >= 0.6 is 0 Å². The van der Waals surface area contributed by atoms with Gasteiger partial charge in [0.25, 0.3) is 0 Å². The van der Waals surface area contributed by atoms with Gasteiger partial charge in [0, 0.05) is 6.54 Å². The molecule has 3 nitrogen and oxygen atoms in total. The van der Waals surface area contributed by atoms with E-state index in [1.807, 2.05) is 12.1 Å². The predicted molar refractivity (Wildman–Crippen MR) is 85.8 cm³/mol. The standard InChI is InChI=1S/C18H25NO2/c1-14-12-15(18(2,3)4)7-8-17(14)21-11-9-19-13-16-6-5-10-20-16/h5-8,10,12,19H,9,11,13H2,1-4H3. The summed E-state index contributed by atoms with van der Waals surface area (Å²) in [7, 11) is 0. The van der Waals surface area contributed by atoms with Crippen LogP contribution in [-0.4, -0.2) is 13.2 Å². The van der Waals surface area contributed by atoms with Crippen LogP contribution in [0.4, 0.5) is 0 Å². The lowest BCUT2D eigenvalue weighted by Gasteiger charge is -2.20. The number of nitrogens with one attached hydrogen (secondary N) is 1. The molecule has 0 saturated heterocycles. The van der Waals surface area contributed by atoms with Crippen LogP contribution in [0.2, 0.25) is 0 Å². The highest BCUT2D eigenvalue weighted by atomic mass is 16.5. The van der Waals surface area contributed by atoms with Gasteiger partial charge in [-0.2, -0.15) is 0 Å². The molecule has 0 aliphatic heterocycles. The van der Waals surface area contributed by atoms with Gasteiger partial charge in [-0.1, -0.05) is 32.9 Å². The van der Waals surface area contributed by atoms with Gasteiger partial charge < -0.3 is 14.5 Å². The highest BCUT2D eigenvalue weighted by molar-refractivity contribution is 5.38. The number of ether oxygens (including phenoxy) is 1. The Balaban J connectivity index is 1.78. The molecule has 0 aliphatic carbocycles. The second-order valence-electron chi connectivity index (χ2n) is 6.33. The maximum absolute atomic E-state index is 5.83. The van der Waals surface area contributed by atoms with Crippen LogP contribution in [0.5, 0.6) is 5.75 Å². The average molecular weight is 287 g/mol. The summed E-state index contributed by atoms with van der Waals surface area (Å²) >= 11 is 0. The van der Waals surface area contributed by atoms with Gasteiger partial charge in [0.05, 0.1) is 12.8 Å². The minimum atomic E-state index is 0.174. The highest BCUT2D eigenvalue weighted by Gasteiger charge is 2.14. The highest BCUT2D eigenvalue weighted by Crippen LogP contribution is 2.27. The first-order chi connectivity index (χ1) is 9.97. The van der Waals surface area contributed by atoms with E-state index in [1.165, 1.54) is 11.1 Å². The average Bonchev–Trinajstić information content (AvgIpc) is 2.92. The van der Waals surface area contributed by atoms with E-state index in [-0.39, 0.29) is 5.41 Å². The molecule has 0 amide bonds. The van der Waals surface area contributed by atoms with Crippen LogP contribution < -0.4 is 10.1 Å². The van der Waals surface area contributed by atoms with E-state index >= 15 is 0 Å². The van der Waals surface area contributed by atoms with E-state index in [2.05, 4.69) is 51.2 Å². The fourth-order valence-electron chi connectivity index (χ4n) is 2.14. The van der Waals surface area contributed by atoms with Gasteiger partial charge in [0.1, 0.15) is 18.1 Å². The molecule has 3 heteroatoms. The Morgan fingerprint density at radius 3 is 2.62 bits per heavy atom. The van der Waals surface area contributed by atoms with Crippen LogP contribution in [0.1, 0.15) is 37.7 Å². The smallest absolute Gasteiger partial charge is 0.122 e. The molecule has 1 aromatic carbocycles. The van der Waals surface area contributed by atoms with Crippen molar-refractivity contribution in [3.63, 3.8) is 0 Å². The largest absolute Gasteiger partial charge is 0.492 e. The third-order valence-electron chi connectivity index (χ3n) is 3.46. The number of furan rings is 1. The molecule has 0 bridgehead atoms. The first-order valence-corrected chi connectivity index (χ1v) is 7.44. The van der Waals surface area contributed by atoms with Crippen molar-refractivity contribution in [1.82, 2.24) is 5.32 Å². The zero-order valence-corrected chi connectivity index (χ0v) is 13.4. The van der Waals surface area contributed by atoms with Gasteiger partial charge in [-0.15, -0.1) is 0 Å². The Morgan fingerprint density at radius 2 is 2.00 bits per heavy atom. The molecule has 21 heavy (non-hydrogen) atoms. The van der Waals surface area contributed by atoms with Crippen molar-refractivity contribution in [2.45, 2.75) is 39.7 Å². The topological polar surface area (TPSA) is 34.4 Å². The van der Waals surface area contributed by atoms with Crippen molar-refractivity contribution in [1.29, 1.82) is 0 Å². The number of hydrogen-bond donors (Lipinski definition) is 1. The molecule has 0 spiro atoms. The SMILES string of the molecule is Cc1cc(C(C)(C)C)ccc1OCCNCc1ccco1. The normalized spacial score (nSPS) is 11.6. The summed E-state index contributed by atoms with van der Waals surface area (Å²) in [6.07, 6.45) is 1.69. The molecular formula is C18H25NO2. The van der Waals surface area contributed by atoms with Crippen molar-refractivity contribution >= 4 is 0 Å². The number of hydrogen-bond acceptors (Lipinski definition) is 3. The van der Waals surface area contributed by atoms with Crippen molar-refractivity contribution in [3.05, 3.63) is 53.5 Å². The number of benzene rings is 1. The molecule has 0 atom stereocenters. The number of aryl methyl sites for hydroxylation is 1. The molecule has 2 aromatic rings. The minimum absolute atomic E-state index is 0.174. The second kappa shape index (κ2) is 6.81. The molecule has 0 fully saturated rings. The Bertz CT molecular complexity index is 553. The molecule has 1 heterocycles. The first-order valence-electron chi connectivity index (χ1n) is 7.44. The Labute approximate surface area is 127 Å². The number of rotatable bonds is 6. The van der Waals surface area contributed by atoms with Crippen molar-refractivity contribution in [2.24, 2.45) is 0 Å². The molecule has 2 rings (SSSR count). The van der Waals surface area contributed by atoms with E-state index in [4.69, 9.17) is 9.15 Å². The maximum atomic E-state index is 5.83. The summed E-state index contributed by atoms with van der Waals surface area (Å²) in [5.41, 5.74) is 2.70. The molecule has 0 aliphatic rings. The summed E-state index contributed by atoms with van der Waals surface area (Å²) in [6.45, 7) is 10.9. The summed E-state index contributed by atoms with van der Waals surface area (Å²) in [5.74, 6) is 1.91. The van der Waals surface area contributed by atoms with Crippen LogP contribution in [-0.2, 0) is 12.0 Å². The van der Waals surface area contributed by atoms with E-state index in [9.17, 15) is 0 Å². The fourth-order valence-corrected chi connectivity index (χ4v) is 2.14. The van der Waals surface area contributed by atoms with Crippen LogP contribution in [0.25, 0.3) is 0 Å². The Morgan fingerprint density at radius 1 is 1.19 bits per heavy atom. The lowest BCUT2D eigenvalue weighted by molar-refractivity contribution is 0.309. The van der Waals surface area contributed by atoms with Crippen molar-refractivity contribution in [3.8, 4) is 5.75 Å². The van der Waals surface area contributed by atoms with Gasteiger partial charge in [-0.25, -0.2) is 0 Å². The maximum Gasteiger partial charge on any atom is 0.122 e. The van der Waals surface area contributed by atoms with Gasteiger partial charge in [0.2, 0.25) is 0 Å². The van der Waals surface area contributed by atoms with E-state index in [0.717, 1.165) is 24.6 Å². The molecule has 0 radical (unpaired) electrons. The molecule has 1 aromatic heterocycles. The first kappa shape index (κ1) is 15.6. The monoisotopic (exact) mass is 287 g/mol. The molecule has 1 N–H and O–H groups in total. The molecular weight excluding hydrogens is 262 g/mol. The van der Waals surface area contributed by atoms with Crippen LogP contribution in [0.15, 0.2) is 41.0 Å². The summed E-state index contributed by atoms with van der Waals surface area (Å²) in [4.78, 5) is 0. The summed E-state index contributed by atoms with van der Waals surface area (Å²) in [5, 5.41) is 3.29. The lowest BCUT2D eigenvalue weighted by Crippen LogP contribution is -2.20. The van der Waals surface area contributed by atoms with Crippen LogP contribution in [0, 0.1) is 6.92 Å². The van der Waals surface area contributed by atoms with E-state index < -0.39 is 0 Å². The molecule has 114 valence electrons. The van der Waals surface area contributed by atoms with Gasteiger partial charge in [-0.05, 0) is 41.7 Å². The second-order valence-corrected chi connectivity index (χ2v) is 6.33. The van der Waals surface area contributed by atoms with Gasteiger partial charge >= 0.3 is 0 Å². The summed E-state index contributed by atoms with van der Waals surface area (Å²) in [6, 6.07) is 10.3. The van der Waals surface area contributed by atoms with E-state index in [1.54, 1.807) is 6.26 Å². The zero-order chi connectivity index (χ0) is 15.3. The van der Waals surface area contributed by atoms with Gasteiger partial charge in [-0.3, -0.25) is 0 Å². The predicted octanol–water partition coefficient (Wildman–Crippen LogP) is 4.05. The Hall–Kier alpha value is -1.74. The summed E-state index contributed by atoms with van der Waals surface area (Å²) < 4.78 is 11.1. The van der Waals surface area contributed by atoms with Crippen molar-refractivity contribution in [2.75, 3.05) is 13.2 Å². The fraction of sp³-hybridized carbons (Fsp3) is 0.444. The van der Waals surface area contributed by atoms with E-state index in [0.29, 0.717) is 6.61 Å². The zero-order valence-electron chi connectivity index (χ0n) is 13.4. The van der Waals surface area contributed by atoms with Gasteiger partial charge in [0.15, 0.2) is 0 Å². The lowest BCUT2D eigenvalue weighted by atomic mass is 9.86. The third-order valence-corrected chi connectivity index (χ3v) is 3.46. The quantitative estimate of drug-likeness (QED) is 0.814. The van der Waals surface area contributed by atoms with Crippen LogP contribution in [0.3, 0.4) is 0 Å². The molecule has 0 unspecified atom stereocenters. The molecule has 0 saturated carbocycles. The minimum Gasteiger partial charge on any atom is -0.492 e. The Kier molecular flexibility index (Phi) is 5.07.